The predicted octanol–water partition coefficient (Wildman–Crippen LogP) is 1.59. The van der Waals surface area contributed by atoms with Crippen LogP contribution in [0.15, 0.2) is 29.5 Å². The van der Waals surface area contributed by atoms with Crippen LogP contribution >= 0.6 is 0 Å². The lowest BCUT2D eigenvalue weighted by Crippen LogP contribution is -2.12. The van der Waals surface area contributed by atoms with Crippen molar-refractivity contribution in [3.63, 3.8) is 0 Å². The van der Waals surface area contributed by atoms with Gasteiger partial charge in [-0.05, 0) is 32.2 Å². The van der Waals surface area contributed by atoms with Crippen LogP contribution in [-0.2, 0) is 0 Å². The second-order valence-corrected chi connectivity index (χ2v) is 2.75. The van der Waals surface area contributed by atoms with Crippen molar-refractivity contribution in [2.24, 2.45) is 0 Å². The van der Waals surface area contributed by atoms with E-state index in [2.05, 4.69) is 30.8 Å². The molecule has 0 aromatic carbocycles. The summed E-state index contributed by atoms with van der Waals surface area (Å²) in [5.74, 6) is 0. The van der Waals surface area contributed by atoms with Crippen molar-refractivity contribution < 1.29 is 0 Å². The maximum absolute atomic E-state index is 3.17. The van der Waals surface area contributed by atoms with Gasteiger partial charge in [-0.1, -0.05) is 12.2 Å². The molecule has 0 aromatic rings. The minimum atomic E-state index is 1.11. The fraction of sp³-hybridized carbons (Fsp3) is 0.444. The fourth-order valence-electron chi connectivity index (χ4n) is 0.867. The maximum Gasteiger partial charge on any atom is 0.00218 e. The quantitative estimate of drug-likeness (QED) is 0.531. The SMILES string of the molecule is CN(C)CCC1=C=CC=C1. The van der Waals surface area contributed by atoms with Crippen molar-refractivity contribution in [1.82, 2.24) is 4.90 Å². The van der Waals surface area contributed by atoms with E-state index in [1.807, 2.05) is 12.2 Å². The molecule has 1 nitrogen and oxygen atoms in total. The Hall–Kier alpha value is -0.780. The summed E-state index contributed by atoms with van der Waals surface area (Å²) in [5, 5.41) is 0. The standard InChI is InChI=1S/C9H13N/c1-10(2)8-7-9-5-3-4-6-9/h3-5H,7-8H2,1-2H3. The predicted molar refractivity (Wildman–Crippen MR) is 43.9 cm³/mol. The molecule has 0 heterocycles. The zero-order chi connectivity index (χ0) is 7.40. The summed E-state index contributed by atoms with van der Waals surface area (Å²) >= 11 is 0. The summed E-state index contributed by atoms with van der Waals surface area (Å²) in [6.07, 6.45) is 7.22. The lowest BCUT2D eigenvalue weighted by atomic mass is 10.2. The summed E-state index contributed by atoms with van der Waals surface area (Å²) in [5.41, 5.74) is 4.48. The van der Waals surface area contributed by atoms with E-state index in [1.54, 1.807) is 0 Å². The monoisotopic (exact) mass is 135 g/mol. The molecule has 0 aliphatic heterocycles. The summed E-state index contributed by atoms with van der Waals surface area (Å²) in [6.45, 7) is 1.11. The van der Waals surface area contributed by atoms with Crippen molar-refractivity contribution in [1.29, 1.82) is 0 Å². The van der Waals surface area contributed by atoms with Crippen molar-refractivity contribution in [2.45, 2.75) is 6.42 Å². The van der Waals surface area contributed by atoms with Gasteiger partial charge in [0.1, 0.15) is 0 Å². The molecule has 0 radical (unpaired) electrons. The lowest BCUT2D eigenvalue weighted by molar-refractivity contribution is 0.414. The van der Waals surface area contributed by atoms with Crippen molar-refractivity contribution in [3.8, 4) is 0 Å². The van der Waals surface area contributed by atoms with Gasteiger partial charge in [0, 0.05) is 6.54 Å². The van der Waals surface area contributed by atoms with Crippen LogP contribution in [0.2, 0.25) is 0 Å². The minimum Gasteiger partial charge on any atom is -0.309 e. The Morgan fingerprint density at radius 1 is 1.50 bits per heavy atom. The Kier molecular flexibility index (Phi) is 2.49. The van der Waals surface area contributed by atoms with Gasteiger partial charge in [-0.15, -0.1) is 5.73 Å². The van der Waals surface area contributed by atoms with E-state index >= 15 is 0 Å². The molecule has 0 aromatic heterocycles. The Morgan fingerprint density at radius 2 is 2.30 bits per heavy atom. The number of rotatable bonds is 3. The molecule has 0 unspecified atom stereocenters. The van der Waals surface area contributed by atoms with Crippen LogP contribution in [0.5, 0.6) is 0 Å². The average Bonchev–Trinajstić information content (AvgIpc) is 2.34. The molecule has 1 heteroatoms. The summed E-state index contributed by atoms with van der Waals surface area (Å²) in [6, 6.07) is 0. The third-order valence-electron chi connectivity index (χ3n) is 1.49. The van der Waals surface area contributed by atoms with Gasteiger partial charge < -0.3 is 4.90 Å². The Bertz CT molecular complexity index is 193. The Labute approximate surface area is 62.3 Å². The molecule has 1 aliphatic carbocycles. The van der Waals surface area contributed by atoms with Crippen LogP contribution in [0.4, 0.5) is 0 Å². The van der Waals surface area contributed by atoms with E-state index in [0.717, 1.165) is 13.0 Å². The third kappa shape index (κ3) is 2.22. The van der Waals surface area contributed by atoms with Crippen LogP contribution in [0, 0.1) is 0 Å². The summed E-state index contributed by atoms with van der Waals surface area (Å²) in [7, 11) is 4.17. The highest BCUT2D eigenvalue weighted by Crippen LogP contribution is 2.06. The zero-order valence-electron chi connectivity index (χ0n) is 6.59. The fourth-order valence-corrected chi connectivity index (χ4v) is 0.867. The van der Waals surface area contributed by atoms with Gasteiger partial charge in [0.2, 0.25) is 0 Å². The van der Waals surface area contributed by atoms with Crippen LogP contribution in [0.1, 0.15) is 6.42 Å². The van der Waals surface area contributed by atoms with Crippen molar-refractivity contribution in [2.75, 3.05) is 20.6 Å². The van der Waals surface area contributed by atoms with E-state index in [9.17, 15) is 0 Å². The van der Waals surface area contributed by atoms with E-state index in [4.69, 9.17) is 0 Å². The topological polar surface area (TPSA) is 3.24 Å². The molecule has 1 rings (SSSR count). The smallest absolute Gasteiger partial charge is 0.00218 e. The molecule has 0 bridgehead atoms. The summed E-state index contributed by atoms with van der Waals surface area (Å²) < 4.78 is 0. The molecule has 1 aliphatic rings. The molecule has 0 spiro atoms. The largest absolute Gasteiger partial charge is 0.309 e. The first-order valence-corrected chi connectivity index (χ1v) is 3.56. The maximum atomic E-state index is 3.17. The second-order valence-electron chi connectivity index (χ2n) is 2.75. The van der Waals surface area contributed by atoms with Gasteiger partial charge in [0.05, 0.1) is 0 Å². The molecule has 0 amide bonds. The number of hydrogen-bond acceptors (Lipinski definition) is 1. The van der Waals surface area contributed by atoms with E-state index in [1.165, 1.54) is 5.57 Å². The van der Waals surface area contributed by atoms with Gasteiger partial charge in [-0.3, -0.25) is 0 Å². The van der Waals surface area contributed by atoms with Crippen LogP contribution < -0.4 is 0 Å². The highest BCUT2D eigenvalue weighted by Gasteiger charge is 1.94. The minimum absolute atomic E-state index is 1.11. The number of allylic oxidation sites excluding steroid dienone is 2. The molecular weight excluding hydrogens is 122 g/mol. The van der Waals surface area contributed by atoms with Gasteiger partial charge in [0.15, 0.2) is 0 Å². The molecule has 54 valence electrons. The molecule has 0 saturated heterocycles. The third-order valence-corrected chi connectivity index (χ3v) is 1.49. The van der Waals surface area contributed by atoms with E-state index < -0.39 is 0 Å². The first kappa shape index (κ1) is 7.33. The Morgan fingerprint density at radius 3 is 2.80 bits per heavy atom. The average molecular weight is 135 g/mol. The van der Waals surface area contributed by atoms with Gasteiger partial charge in [0.25, 0.3) is 0 Å². The highest BCUT2D eigenvalue weighted by molar-refractivity contribution is 5.28. The molecule has 10 heavy (non-hydrogen) atoms. The van der Waals surface area contributed by atoms with Crippen molar-refractivity contribution >= 4 is 0 Å². The van der Waals surface area contributed by atoms with E-state index in [0.29, 0.717) is 0 Å². The molecule has 0 N–H and O–H groups in total. The second kappa shape index (κ2) is 3.40. The highest BCUT2D eigenvalue weighted by atomic mass is 15.0. The van der Waals surface area contributed by atoms with E-state index in [-0.39, 0.29) is 0 Å². The molecule has 0 atom stereocenters. The normalized spacial score (nSPS) is 14.9. The number of nitrogens with zero attached hydrogens (tertiary/aromatic N) is 1. The molecule has 0 fully saturated rings. The Balaban J connectivity index is 2.27. The molecular formula is C9H13N. The van der Waals surface area contributed by atoms with Crippen LogP contribution in [0.3, 0.4) is 0 Å². The van der Waals surface area contributed by atoms with Gasteiger partial charge in [-0.2, -0.15) is 0 Å². The number of hydrogen-bond donors (Lipinski definition) is 0. The first-order chi connectivity index (χ1) is 4.79. The lowest BCUT2D eigenvalue weighted by Gasteiger charge is -2.07. The zero-order valence-corrected chi connectivity index (χ0v) is 6.59. The summed E-state index contributed by atoms with van der Waals surface area (Å²) in [4.78, 5) is 2.18. The van der Waals surface area contributed by atoms with Gasteiger partial charge in [-0.25, -0.2) is 0 Å². The van der Waals surface area contributed by atoms with Crippen LogP contribution in [0.25, 0.3) is 0 Å². The molecule has 0 saturated carbocycles. The van der Waals surface area contributed by atoms with Crippen LogP contribution in [-0.4, -0.2) is 25.5 Å². The van der Waals surface area contributed by atoms with Gasteiger partial charge >= 0.3 is 0 Å². The first-order valence-electron chi connectivity index (χ1n) is 3.56. The van der Waals surface area contributed by atoms with Crippen molar-refractivity contribution in [3.05, 3.63) is 29.5 Å².